The minimum atomic E-state index is -0.557. The normalized spacial score (nSPS) is 10.3. The number of ether oxygens (including phenoxy) is 1. The fourth-order valence-corrected chi connectivity index (χ4v) is 2.33. The molecule has 0 unspecified atom stereocenters. The Balaban J connectivity index is 2.40. The van der Waals surface area contributed by atoms with Crippen LogP contribution in [-0.4, -0.2) is 10.0 Å². The first-order valence-electron chi connectivity index (χ1n) is 5.52. The van der Waals surface area contributed by atoms with Crippen molar-refractivity contribution in [2.24, 2.45) is 0 Å². The molecule has 0 spiro atoms. The highest BCUT2D eigenvalue weighted by Crippen LogP contribution is 2.36. The van der Waals surface area contributed by atoms with Gasteiger partial charge >= 0.3 is 5.69 Å². The number of aliphatic hydroxyl groups excluding tert-OH is 1. The summed E-state index contributed by atoms with van der Waals surface area (Å²) in [5.41, 5.74) is 0.234. The average Bonchev–Trinajstić information content (AvgIpc) is 2.42. The van der Waals surface area contributed by atoms with Crippen LogP contribution in [0.15, 0.2) is 40.9 Å². The molecule has 0 saturated carbocycles. The molecule has 0 aliphatic rings. The van der Waals surface area contributed by atoms with E-state index in [1.807, 2.05) is 0 Å². The highest BCUT2D eigenvalue weighted by Gasteiger charge is 2.17. The summed E-state index contributed by atoms with van der Waals surface area (Å²) in [6.07, 6.45) is 0. The zero-order valence-electron chi connectivity index (χ0n) is 10.0. The lowest BCUT2D eigenvalue weighted by Crippen LogP contribution is -1.96. The Kier molecular flexibility index (Phi) is 4.59. The van der Waals surface area contributed by atoms with Gasteiger partial charge in [-0.3, -0.25) is 10.1 Å². The Bertz CT molecular complexity index is 663. The van der Waals surface area contributed by atoms with Crippen molar-refractivity contribution in [3.8, 4) is 11.5 Å². The van der Waals surface area contributed by atoms with Crippen molar-refractivity contribution in [1.29, 1.82) is 0 Å². The second-order valence-corrected chi connectivity index (χ2v) is 5.18. The smallest absolute Gasteiger partial charge is 0.311 e. The van der Waals surface area contributed by atoms with E-state index in [0.29, 0.717) is 20.8 Å². The van der Waals surface area contributed by atoms with Crippen LogP contribution >= 0.6 is 27.5 Å². The second-order valence-electron chi connectivity index (χ2n) is 3.89. The zero-order valence-corrected chi connectivity index (χ0v) is 12.4. The van der Waals surface area contributed by atoms with Gasteiger partial charge in [0.25, 0.3) is 0 Å². The molecular formula is C13H9BrClNO4. The maximum atomic E-state index is 11.0. The van der Waals surface area contributed by atoms with Crippen molar-refractivity contribution in [2.75, 3.05) is 0 Å². The summed E-state index contributed by atoms with van der Waals surface area (Å²) in [6, 6.07) is 9.15. The number of hydrogen-bond acceptors (Lipinski definition) is 4. The molecule has 5 nitrogen and oxygen atoms in total. The standard InChI is InChI=1S/C13H9BrClNO4/c14-10-6-9(15)2-4-12(10)20-13-3-1-8(7-17)5-11(13)16(18)19/h1-6,17H,7H2. The summed E-state index contributed by atoms with van der Waals surface area (Å²) in [4.78, 5) is 10.5. The third-order valence-corrected chi connectivity index (χ3v) is 3.37. The van der Waals surface area contributed by atoms with Crippen LogP contribution in [0.25, 0.3) is 0 Å². The van der Waals surface area contributed by atoms with E-state index in [1.54, 1.807) is 24.3 Å². The maximum absolute atomic E-state index is 11.0. The summed E-state index contributed by atoms with van der Waals surface area (Å²) >= 11 is 9.09. The second kappa shape index (κ2) is 6.21. The van der Waals surface area contributed by atoms with Crippen molar-refractivity contribution in [2.45, 2.75) is 6.61 Å². The molecule has 20 heavy (non-hydrogen) atoms. The molecule has 0 atom stereocenters. The Morgan fingerprint density at radius 1 is 1.25 bits per heavy atom. The number of halogens is 2. The van der Waals surface area contributed by atoms with Crippen LogP contribution in [0.5, 0.6) is 11.5 Å². The zero-order chi connectivity index (χ0) is 14.7. The fourth-order valence-electron chi connectivity index (χ4n) is 1.57. The SMILES string of the molecule is O=[N+]([O-])c1cc(CO)ccc1Oc1ccc(Cl)cc1Br. The number of nitro benzene ring substituents is 1. The van der Waals surface area contributed by atoms with Gasteiger partial charge in [-0.25, -0.2) is 0 Å². The lowest BCUT2D eigenvalue weighted by atomic mass is 10.2. The number of nitro groups is 1. The molecule has 0 aliphatic carbocycles. The van der Waals surface area contributed by atoms with Gasteiger partial charge in [-0.1, -0.05) is 17.7 Å². The summed E-state index contributed by atoms with van der Waals surface area (Å²) in [7, 11) is 0. The predicted octanol–water partition coefficient (Wildman–Crippen LogP) is 4.30. The van der Waals surface area contributed by atoms with Crippen molar-refractivity contribution in [1.82, 2.24) is 0 Å². The molecule has 0 fully saturated rings. The van der Waals surface area contributed by atoms with Crippen molar-refractivity contribution >= 4 is 33.2 Å². The molecule has 2 aromatic rings. The van der Waals surface area contributed by atoms with Crippen molar-refractivity contribution in [3.63, 3.8) is 0 Å². The minimum Gasteiger partial charge on any atom is -0.449 e. The van der Waals surface area contributed by atoms with Gasteiger partial charge in [0.2, 0.25) is 5.75 Å². The molecule has 0 bridgehead atoms. The van der Waals surface area contributed by atoms with Crippen LogP contribution in [-0.2, 0) is 6.61 Å². The molecule has 2 aromatic carbocycles. The number of aliphatic hydroxyl groups is 1. The third kappa shape index (κ3) is 3.27. The first-order valence-corrected chi connectivity index (χ1v) is 6.69. The van der Waals surface area contributed by atoms with E-state index in [9.17, 15) is 10.1 Å². The number of rotatable bonds is 4. The molecule has 2 rings (SSSR count). The fraction of sp³-hybridized carbons (Fsp3) is 0.0769. The van der Waals surface area contributed by atoms with Gasteiger partial charge in [-0.15, -0.1) is 0 Å². The van der Waals surface area contributed by atoms with Gasteiger partial charge in [0.05, 0.1) is 16.0 Å². The van der Waals surface area contributed by atoms with Gasteiger partial charge in [0.15, 0.2) is 0 Å². The average molecular weight is 359 g/mol. The van der Waals surface area contributed by atoms with Crippen molar-refractivity contribution in [3.05, 3.63) is 61.6 Å². The third-order valence-electron chi connectivity index (χ3n) is 2.52. The van der Waals surface area contributed by atoms with E-state index in [-0.39, 0.29) is 18.0 Å². The molecule has 0 heterocycles. The Morgan fingerprint density at radius 2 is 1.95 bits per heavy atom. The number of benzene rings is 2. The van der Waals surface area contributed by atoms with E-state index in [4.69, 9.17) is 21.4 Å². The maximum Gasteiger partial charge on any atom is 0.311 e. The number of nitrogens with zero attached hydrogens (tertiary/aromatic N) is 1. The van der Waals surface area contributed by atoms with Gasteiger partial charge < -0.3 is 9.84 Å². The monoisotopic (exact) mass is 357 g/mol. The van der Waals surface area contributed by atoms with Gasteiger partial charge in [-0.05, 0) is 45.8 Å². The van der Waals surface area contributed by atoms with Crippen LogP contribution in [0.4, 0.5) is 5.69 Å². The topological polar surface area (TPSA) is 72.6 Å². The lowest BCUT2D eigenvalue weighted by Gasteiger charge is -2.09. The molecule has 104 valence electrons. The highest BCUT2D eigenvalue weighted by atomic mass is 79.9. The van der Waals surface area contributed by atoms with Crippen molar-refractivity contribution < 1.29 is 14.8 Å². The van der Waals surface area contributed by atoms with Crippen LogP contribution in [0.2, 0.25) is 5.02 Å². The Morgan fingerprint density at radius 3 is 2.55 bits per heavy atom. The quantitative estimate of drug-likeness (QED) is 0.653. The van der Waals surface area contributed by atoms with Gasteiger partial charge in [0.1, 0.15) is 5.75 Å². The van der Waals surface area contributed by atoms with E-state index in [0.717, 1.165) is 0 Å². The van der Waals surface area contributed by atoms with Gasteiger partial charge in [-0.2, -0.15) is 0 Å². The van der Waals surface area contributed by atoms with Gasteiger partial charge in [0, 0.05) is 11.1 Å². The van der Waals surface area contributed by atoms with Crippen LogP contribution < -0.4 is 4.74 Å². The Labute approximate surface area is 128 Å². The van der Waals surface area contributed by atoms with E-state index < -0.39 is 4.92 Å². The molecule has 0 aromatic heterocycles. The minimum absolute atomic E-state index is 0.0928. The molecule has 0 radical (unpaired) electrons. The molecular weight excluding hydrogens is 350 g/mol. The summed E-state index contributed by atoms with van der Waals surface area (Å²) in [5.74, 6) is 0.504. The summed E-state index contributed by atoms with van der Waals surface area (Å²) < 4.78 is 6.12. The first kappa shape index (κ1) is 14.8. The molecule has 7 heteroatoms. The Hall–Kier alpha value is -1.63. The molecule has 0 aliphatic heterocycles. The summed E-state index contributed by atoms with van der Waals surface area (Å²) in [5, 5.41) is 20.6. The van der Waals surface area contributed by atoms with Crippen LogP contribution in [0.1, 0.15) is 5.56 Å². The lowest BCUT2D eigenvalue weighted by molar-refractivity contribution is -0.385. The highest BCUT2D eigenvalue weighted by molar-refractivity contribution is 9.10. The molecule has 0 amide bonds. The first-order chi connectivity index (χ1) is 9.51. The number of hydrogen-bond donors (Lipinski definition) is 1. The molecule has 0 saturated heterocycles. The van der Waals surface area contributed by atoms with Crippen LogP contribution in [0, 0.1) is 10.1 Å². The van der Waals surface area contributed by atoms with Crippen LogP contribution in [0.3, 0.4) is 0 Å². The summed E-state index contributed by atoms with van der Waals surface area (Å²) in [6.45, 7) is -0.272. The van der Waals surface area contributed by atoms with E-state index in [1.165, 1.54) is 12.1 Å². The predicted molar refractivity (Wildman–Crippen MR) is 78.2 cm³/mol. The largest absolute Gasteiger partial charge is 0.449 e. The molecule has 1 N–H and O–H groups in total. The van der Waals surface area contributed by atoms with E-state index in [2.05, 4.69) is 15.9 Å². The van der Waals surface area contributed by atoms with E-state index >= 15 is 0 Å².